The summed E-state index contributed by atoms with van der Waals surface area (Å²) in [5.74, 6) is 0.0663. The average Bonchev–Trinajstić information content (AvgIpc) is 3.33. The fourth-order valence-corrected chi connectivity index (χ4v) is 6.38. The Hall–Kier alpha value is -2.47. The lowest BCUT2D eigenvalue weighted by Crippen LogP contribution is -2.44. The minimum Gasteiger partial charge on any atom is -0.496 e. The number of sulfonamides is 2. The molecule has 2 aromatic rings. The highest BCUT2D eigenvalue weighted by Gasteiger charge is 2.27. The van der Waals surface area contributed by atoms with E-state index in [2.05, 4.69) is 10.0 Å². The van der Waals surface area contributed by atoms with E-state index < -0.39 is 32.0 Å². The zero-order chi connectivity index (χ0) is 24.2. The fraction of sp³-hybridized carbons (Fsp3) is 0.409. The van der Waals surface area contributed by atoms with Crippen LogP contribution < -0.4 is 14.8 Å². The van der Waals surface area contributed by atoms with Gasteiger partial charge in [0.15, 0.2) is 0 Å². The van der Waals surface area contributed by atoms with Gasteiger partial charge in [0.05, 0.1) is 22.9 Å². The fourth-order valence-electron chi connectivity index (χ4n) is 3.57. The van der Waals surface area contributed by atoms with Crippen LogP contribution in [-0.2, 0) is 31.4 Å². The van der Waals surface area contributed by atoms with Crippen LogP contribution in [0.4, 0.5) is 0 Å². The number of carbonyl (C=O) groups is 1. The third kappa shape index (κ3) is 5.91. The molecule has 9 nitrogen and oxygen atoms in total. The molecule has 0 aromatic heterocycles. The van der Waals surface area contributed by atoms with Gasteiger partial charge in [-0.05, 0) is 68.1 Å². The molecule has 0 saturated carbocycles. The first-order chi connectivity index (χ1) is 15.5. The summed E-state index contributed by atoms with van der Waals surface area (Å²) < 4.78 is 59.4. The summed E-state index contributed by atoms with van der Waals surface area (Å²) in [4.78, 5) is 12.7. The Morgan fingerprint density at radius 1 is 1.03 bits per heavy atom. The van der Waals surface area contributed by atoms with Gasteiger partial charge in [-0.3, -0.25) is 4.79 Å². The molecule has 0 bridgehead atoms. The van der Waals surface area contributed by atoms with E-state index in [1.165, 1.54) is 42.6 Å². The number of hydrogen-bond donors (Lipinski definition) is 2. The molecule has 1 amide bonds. The predicted octanol–water partition coefficient (Wildman–Crippen LogP) is 1.77. The van der Waals surface area contributed by atoms with Crippen LogP contribution >= 0.6 is 0 Å². The van der Waals surface area contributed by atoms with Gasteiger partial charge >= 0.3 is 0 Å². The van der Waals surface area contributed by atoms with Crippen molar-refractivity contribution in [2.75, 3.05) is 20.2 Å². The van der Waals surface area contributed by atoms with Gasteiger partial charge in [-0.25, -0.2) is 16.8 Å². The molecule has 3 rings (SSSR count). The Balaban J connectivity index is 1.58. The van der Waals surface area contributed by atoms with Crippen LogP contribution in [-0.4, -0.2) is 53.3 Å². The Labute approximate surface area is 195 Å². The molecule has 33 heavy (non-hydrogen) atoms. The van der Waals surface area contributed by atoms with Crippen molar-refractivity contribution >= 4 is 26.0 Å². The van der Waals surface area contributed by atoms with Crippen molar-refractivity contribution in [3.05, 3.63) is 53.6 Å². The molecule has 1 heterocycles. The predicted molar refractivity (Wildman–Crippen MR) is 124 cm³/mol. The van der Waals surface area contributed by atoms with Gasteiger partial charge in [-0.2, -0.15) is 9.03 Å². The molecule has 1 unspecified atom stereocenters. The summed E-state index contributed by atoms with van der Waals surface area (Å²) in [5.41, 5.74) is 1.36. The number of nitrogens with zero attached hydrogens (tertiary/aromatic N) is 1. The van der Waals surface area contributed by atoms with Crippen molar-refractivity contribution in [3.63, 3.8) is 0 Å². The van der Waals surface area contributed by atoms with E-state index in [1.807, 2.05) is 0 Å². The van der Waals surface area contributed by atoms with Crippen molar-refractivity contribution in [1.82, 2.24) is 14.3 Å². The number of nitrogens with one attached hydrogen (secondary N) is 2. The van der Waals surface area contributed by atoms with Crippen LogP contribution in [0.1, 0.15) is 30.9 Å². The smallest absolute Gasteiger partial charge is 0.243 e. The van der Waals surface area contributed by atoms with Gasteiger partial charge in [-0.1, -0.05) is 12.1 Å². The van der Waals surface area contributed by atoms with Gasteiger partial charge < -0.3 is 10.1 Å². The summed E-state index contributed by atoms with van der Waals surface area (Å²) in [6.45, 7) is 4.38. The number of methoxy groups -OCH3 is 1. The highest BCUT2D eigenvalue weighted by molar-refractivity contribution is 7.89. The molecule has 2 N–H and O–H groups in total. The number of carbonyl (C=O) groups excluding carboxylic acids is 1. The zero-order valence-electron chi connectivity index (χ0n) is 18.9. The van der Waals surface area contributed by atoms with Crippen LogP contribution in [0, 0.1) is 6.92 Å². The Morgan fingerprint density at radius 2 is 1.64 bits per heavy atom. The number of rotatable bonds is 9. The molecule has 1 fully saturated rings. The molecule has 180 valence electrons. The van der Waals surface area contributed by atoms with Crippen LogP contribution in [0.2, 0.25) is 0 Å². The van der Waals surface area contributed by atoms with Crippen LogP contribution in [0.15, 0.2) is 52.3 Å². The zero-order valence-corrected chi connectivity index (χ0v) is 20.5. The largest absolute Gasteiger partial charge is 0.496 e. The van der Waals surface area contributed by atoms with Crippen molar-refractivity contribution in [2.45, 2.75) is 49.1 Å². The topological polar surface area (TPSA) is 122 Å². The second-order valence-corrected chi connectivity index (χ2v) is 11.6. The van der Waals surface area contributed by atoms with E-state index in [0.29, 0.717) is 30.0 Å². The number of aryl methyl sites for hydroxylation is 1. The molecule has 1 atom stereocenters. The van der Waals surface area contributed by atoms with E-state index in [9.17, 15) is 21.6 Å². The van der Waals surface area contributed by atoms with Crippen LogP contribution in [0.3, 0.4) is 0 Å². The van der Waals surface area contributed by atoms with E-state index in [4.69, 9.17) is 4.74 Å². The third-order valence-electron chi connectivity index (χ3n) is 5.49. The van der Waals surface area contributed by atoms with Crippen molar-refractivity contribution in [1.29, 1.82) is 0 Å². The summed E-state index contributed by atoms with van der Waals surface area (Å²) in [5, 5.41) is 2.67. The molecule has 11 heteroatoms. The van der Waals surface area contributed by atoms with Crippen LogP contribution in [0.5, 0.6) is 5.75 Å². The highest BCUT2D eigenvalue weighted by atomic mass is 32.2. The van der Waals surface area contributed by atoms with Gasteiger partial charge in [0.25, 0.3) is 0 Å². The first-order valence-corrected chi connectivity index (χ1v) is 13.5. The van der Waals surface area contributed by atoms with E-state index >= 15 is 0 Å². The van der Waals surface area contributed by atoms with Crippen molar-refractivity contribution < 1.29 is 26.4 Å². The Kier molecular flexibility index (Phi) is 7.78. The number of amides is 1. The lowest BCUT2D eigenvalue weighted by Gasteiger charge is -2.16. The average molecular weight is 496 g/mol. The molecule has 2 aromatic carbocycles. The maximum atomic E-state index is 12.6. The molecule has 0 radical (unpaired) electrons. The lowest BCUT2D eigenvalue weighted by atomic mass is 10.2. The molecule has 0 spiro atoms. The first-order valence-electron chi connectivity index (χ1n) is 10.6. The van der Waals surface area contributed by atoms with Crippen LogP contribution in [0.25, 0.3) is 0 Å². The quantitative estimate of drug-likeness (QED) is 0.547. The highest BCUT2D eigenvalue weighted by Crippen LogP contribution is 2.22. The van der Waals surface area contributed by atoms with Gasteiger partial charge in [-0.15, -0.1) is 0 Å². The Morgan fingerprint density at radius 3 is 2.21 bits per heavy atom. The normalized spacial score (nSPS) is 15.8. The number of benzene rings is 2. The SMILES string of the molecule is COc1ccc(S(=O)(=O)NC(C)C(=O)NCc2ccc(S(=O)(=O)N3CCCC3)cc2)cc1C. The van der Waals surface area contributed by atoms with Gasteiger partial charge in [0.2, 0.25) is 26.0 Å². The molecule has 0 aliphatic carbocycles. The summed E-state index contributed by atoms with van der Waals surface area (Å²) >= 11 is 0. The lowest BCUT2D eigenvalue weighted by molar-refractivity contribution is -0.122. The summed E-state index contributed by atoms with van der Waals surface area (Å²) in [6, 6.07) is 9.76. The molecular weight excluding hydrogens is 466 g/mol. The molecular formula is C22H29N3O6S2. The van der Waals surface area contributed by atoms with Crippen molar-refractivity contribution in [2.24, 2.45) is 0 Å². The molecule has 1 aliphatic heterocycles. The summed E-state index contributed by atoms with van der Waals surface area (Å²) in [6.07, 6.45) is 1.73. The first kappa shape index (κ1) is 25.2. The minimum absolute atomic E-state index is 0.0373. The second-order valence-electron chi connectivity index (χ2n) is 7.95. The van der Waals surface area contributed by atoms with Gasteiger partial charge in [0, 0.05) is 19.6 Å². The molecule has 1 saturated heterocycles. The maximum absolute atomic E-state index is 12.6. The number of ether oxygens (including phenoxy) is 1. The molecule has 1 aliphatic rings. The van der Waals surface area contributed by atoms with E-state index in [0.717, 1.165) is 12.8 Å². The number of hydrogen-bond acceptors (Lipinski definition) is 6. The van der Waals surface area contributed by atoms with E-state index in [-0.39, 0.29) is 16.3 Å². The maximum Gasteiger partial charge on any atom is 0.243 e. The Bertz CT molecular complexity index is 1210. The standard InChI is InChI=1S/C22H29N3O6S2/c1-16-14-20(10-11-21(16)31-3)32(27,28)24-17(2)22(26)23-15-18-6-8-19(9-7-18)33(29,30)25-12-4-5-13-25/h6-11,14,17,24H,4-5,12-13,15H2,1-3H3,(H,23,26). The van der Waals surface area contributed by atoms with E-state index in [1.54, 1.807) is 25.1 Å². The minimum atomic E-state index is -3.90. The van der Waals surface area contributed by atoms with Gasteiger partial charge in [0.1, 0.15) is 5.75 Å². The second kappa shape index (κ2) is 10.2. The summed E-state index contributed by atoms with van der Waals surface area (Å²) in [7, 11) is -5.89. The van der Waals surface area contributed by atoms with Crippen molar-refractivity contribution in [3.8, 4) is 5.75 Å². The third-order valence-corrected chi connectivity index (χ3v) is 8.95. The monoisotopic (exact) mass is 495 g/mol.